The van der Waals surface area contributed by atoms with Crippen molar-refractivity contribution >= 4 is 51.6 Å². The summed E-state index contributed by atoms with van der Waals surface area (Å²) in [5.41, 5.74) is 1.04. The Hall–Kier alpha value is -1.25. The fourth-order valence-electron chi connectivity index (χ4n) is 2.68. The van der Waals surface area contributed by atoms with Gasteiger partial charge in [-0.25, -0.2) is 0 Å². The lowest BCUT2D eigenvalue weighted by molar-refractivity contribution is -0.116. The van der Waals surface area contributed by atoms with E-state index in [-0.39, 0.29) is 5.91 Å². The maximum absolute atomic E-state index is 12.8. The summed E-state index contributed by atoms with van der Waals surface area (Å²) in [7, 11) is 0. The number of fused-ring (bicyclic) bond motifs is 1. The number of thioether (sulfide) groups is 2. The summed E-state index contributed by atoms with van der Waals surface area (Å²) in [6.07, 6.45) is 3.43. The van der Waals surface area contributed by atoms with E-state index in [0.717, 1.165) is 28.1 Å². The van der Waals surface area contributed by atoms with Gasteiger partial charge in [-0.3, -0.25) is 4.79 Å². The summed E-state index contributed by atoms with van der Waals surface area (Å²) in [5.74, 6) is 0.532. The van der Waals surface area contributed by atoms with Crippen molar-refractivity contribution in [2.24, 2.45) is 0 Å². The largest absolute Gasteiger partial charge is 0.357 e. The Morgan fingerprint density at radius 3 is 3.00 bits per heavy atom. The first-order valence-electron chi connectivity index (χ1n) is 8.48. The van der Waals surface area contributed by atoms with Gasteiger partial charge in [0.15, 0.2) is 4.34 Å². The molecule has 1 saturated carbocycles. The third-order valence-corrected chi connectivity index (χ3v) is 7.38. The van der Waals surface area contributed by atoms with Crippen LogP contribution < -0.4 is 10.2 Å². The monoisotopic (exact) mass is 392 g/mol. The van der Waals surface area contributed by atoms with E-state index in [4.69, 9.17) is 0 Å². The molecule has 5 nitrogen and oxygen atoms in total. The number of aromatic nitrogens is 2. The molecule has 0 bridgehead atoms. The highest BCUT2D eigenvalue weighted by molar-refractivity contribution is 8.01. The van der Waals surface area contributed by atoms with Gasteiger partial charge in [-0.05, 0) is 31.4 Å². The van der Waals surface area contributed by atoms with Gasteiger partial charge in [0.05, 0.1) is 11.4 Å². The highest BCUT2D eigenvalue weighted by Gasteiger charge is 2.25. The Morgan fingerprint density at radius 1 is 1.32 bits per heavy atom. The minimum Gasteiger partial charge on any atom is -0.357 e. The third-order valence-electron chi connectivity index (χ3n) is 4.18. The quantitative estimate of drug-likeness (QED) is 0.773. The number of hydrogen-bond donors (Lipinski definition) is 1. The topological polar surface area (TPSA) is 58.1 Å². The highest BCUT2D eigenvalue weighted by atomic mass is 32.2. The Kier molecular flexibility index (Phi) is 5.19. The molecule has 1 N–H and O–H groups in total. The molecule has 1 aromatic carbocycles. The molecule has 0 spiro atoms. The van der Waals surface area contributed by atoms with Gasteiger partial charge >= 0.3 is 0 Å². The molecule has 1 amide bonds. The SMILES string of the molecule is C[C@@H]1CCN(C(=O)CSc2nnc(NC3CC3)s2)c2ccccc2S1. The number of para-hydroxylation sites is 1. The molecule has 2 aromatic rings. The lowest BCUT2D eigenvalue weighted by Gasteiger charge is -2.22. The van der Waals surface area contributed by atoms with Crippen LogP contribution in [0, 0.1) is 0 Å². The number of benzene rings is 1. The van der Waals surface area contributed by atoms with E-state index in [2.05, 4.69) is 28.5 Å². The number of hydrogen-bond acceptors (Lipinski definition) is 7. The number of amides is 1. The van der Waals surface area contributed by atoms with E-state index < -0.39 is 0 Å². The van der Waals surface area contributed by atoms with Crippen molar-refractivity contribution < 1.29 is 4.79 Å². The second-order valence-electron chi connectivity index (χ2n) is 6.31. The summed E-state index contributed by atoms with van der Waals surface area (Å²) in [6, 6.07) is 8.77. The minimum absolute atomic E-state index is 0.138. The van der Waals surface area contributed by atoms with E-state index >= 15 is 0 Å². The van der Waals surface area contributed by atoms with E-state index in [1.165, 1.54) is 40.8 Å². The van der Waals surface area contributed by atoms with Gasteiger partial charge in [0.1, 0.15) is 0 Å². The van der Waals surface area contributed by atoms with Crippen LogP contribution >= 0.6 is 34.9 Å². The standard InChI is InChI=1S/C17H20N4OS3/c1-11-8-9-21(13-4-2-3-5-14(13)24-11)15(22)10-23-17-20-19-16(25-17)18-12-6-7-12/h2-5,11-12H,6-10H2,1H3,(H,18,19)/t11-/m1/s1. The molecule has 4 rings (SSSR count). The predicted octanol–water partition coefficient (Wildman–Crippen LogP) is 4.12. The Labute approximate surface area is 160 Å². The number of carbonyl (C=O) groups excluding carboxylic acids is 1. The molecule has 1 atom stereocenters. The second kappa shape index (κ2) is 7.55. The van der Waals surface area contributed by atoms with E-state index in [1.807, 2.05) is 34.9 Å². The van der Waals surface area contributed by atoms with Crippen LogP contribution in [0.25, 0.3) is 0 Å². The van der Waals surface area contributed by atoms with Gasteiger partial charge in [0, 0.05) is 22.7 Å². The molecule has 0 radical (unpaired) electrons. The maximum Gasteiger partial charge on any atom is 0.237 e. The van der Waals surface area contributed by atoms with Crippen molar-refractivity contribution in [1.82, 2.24) is 10.2 Å². The van der Waals surface area contributed by atoms with Crippen molar-refractivity contribution in [3.05, 3.63) is 24.3 Å². The fraction of sp³-hybridized carbons (Fsp3) is 0.471. The van der Waals surface area contributed by atoms with Gasteiger partial charge in [-0.15, -0.1) is 22.0 Å². The number of nitrogens with one attached hydrogen (secondary N) is 1. The number of carbonyl (C=O) groups is 1. The molecule has 1 aliphatic carbocycles. The van der Waals surface area contributed by atoms with Gasteiger partial charge in [0.2, 0.25) is 11.0 Å². The zero-order valence-electron chi connectivity index (χ0n) is 14.0. The molecule has 2 aliphatic rings. The molecule has 1 aromatic heterocycles. The fourth-order valence-corrected chi connectivity index (χ4v) is 5.49. The smallest absolute Gasteiger partial charge is 0.237 e. The first-order chi connectivity index (χ1) is 12.2. The lowest BCUT2D eigenvalue weighted by atomic mass is 10.2. The lowest BCUT2D eigenvalue weighted by Crippen LogP contribution is -2.33. The first kappa shape index (κ1) is 17.2. The van der Waals surface area contributed by atoms with Crippen LogP contribution in [0.4, 0.5) is 10.8 Å². The average molecular weight is 393 g/mol. The molecule has 1 aliphatic heterocycles. The molecule has 25 heavy (non-hydrogen) atoms. The Morgan fingerprint density at radius 2 is 2.16 bits per heavy atom. The van der Waals surface area contributed by atoms with Crippen LogP contribution in [0.15, 0.2) is 33.5 Å². The molecule has 132 valence electrons. The summed E-state index contributed by atoms with van der Waals surface area (Å²) >= 11 is 4.87. The summed E-state index contributed by atoms with van der Waals surface area (Å²) in [5, 5.41) is 13.1. The van der Waals surface area contributed by atoms with Crippen molar-refractivity contribution in [2.75, 3.05) is 22.5 Å². The van der Waals surface area contributed by atoms with Crippen molar-refractivity contribution in [3.63, 3.8) is 0 Å². The molecule has 0 unspecified atom stereocenters. The van der Waals surface area contributed by atoms with Crippen molar-refractivity contribution in [3.8, 4) is 0 Å². The zero-order valence-corrected chi connectivity index (χ0v) is 16.4. The third kappa shape index (κ3) is 4.30. The Bertz CT molecular complexity index is 762. The van der Waals surface area contributed by atoms with Crippen LogP contribution in [0.5, 0.6) is 0 Å². The highest BCUT2D eigenvalue weighted by Crippen LogP contribution is 2.38. The molecule has 0 saturated heterocycles. The summed E-state index contributed by atoms with van der Waals surface area (Å²) in [4.78, 5) is 16.0. The van der Waals surface area contributed by atoms with E-state index in [0.29, 0.717) is 17.0 Å². The van der Waals surface area contributed by atoms with Crippen LogP contribution in [0.2, 0.25) is 0 Å². The number of rotatable bonds is 5. The maximum atomic E-state index is 12.8. The summed E-state index contributed by atoms with van der Waals surface area (Å²) < 4.78 is 0.849. The molecular formula is C17H20N4OS3. The number of nitrogens with zero attached hydrogens (tertiary/aromatic N) is 3. The summed E-state index contributed by atoms with van der Waals surface area (Å²) in [6.45, 7) is 3.00. The van der Waals surface area contributed by atoms with Crippen molar-refractivity contribution in [2.45, 2.75) is 46.7 Å². The van der Waals surface area contributed by atoms with Gasteiger partial charge in [0.25, 0.3) is 0 Å². The van der Waals surface area contributed by atoms with Crippen LogP contribution in [-0.4, -0.2) is 39.7 Å². The van der Waals surface area contributed by atoms with Crippen molar-refractivity contribution in [1.29, 1.82) is 0 Å². The molecule has 2 heterocycles. The minimum atomic E-state index is 0.138. The van der Waals surface area contributed by atoms with Crippen LogP contribution in [0.3, 0.4) is 0 Å². The second-order valence-corrected chi connectivity index (χ2v) is 9.99. The molecule has 1 fully saturated rings. The predicted molar refractivity (Wildman–Crippen MR) is 106 cm³/mol. The van der Waals surface area contributed by atoms with Crippen LogP contribution in [-0.2, 0) is 4.79 Å². The Balaban J connectivity index is 1.41. The van der Waals surface area contributed by atoms with Crippen LogP contribution in [0.1, 0.15) is 26.2 Å². The van der Waals surface area contributed by atoms with Gasteiger partial charge in [-0.1, -0.05) is 42.2 Å². The van der Waals surface area contributed by atoms with Gasteiger partial charge < -0.3 is 10.2 Å². The normalized spacial score (nSPS) is 20.0. The zero-order chi connectivity index (χ0) is 17.2. The van der Waals surface area contributed by atoms with Gasteiger partial charge in [-0.2, -0.15) is 0 Å². The molecule has 8 heteroatoms. The van der Waals surface area contributed by atoms with E-state index in [9.17, 15) is 4.79 Å². The van der Waals surface area contributed by atoms with E-state index in [1.54, 1.807) is 0 Å². The number of anilines is 2. The molecular weight excluding hydrogens is 372 g/mol. The average Bonchev–Trinajstić information content (AvgIpc) is 3.33. The first-order valence-corrected chi connectivity index (χ1v) is 11.2.